The van der Waals surface area contributed by atoms with Crippen LogP contribution in [0.2, 0.25) is 5.15 Å². The number of hydrogen-bond donors (Lipinski definition) is 0. The highest BCUT2D eigenvalue weighted by Crippen LogP contribution is 2.33. The van der Waals surface area contributed by atoms with Gasteiger partial charge in [0, 0.05) is 13.1 Å². The number of rotatable bonds is 4. The molecule has 0 atom stereocenters. The van der Waals surface area contributed by atoms with Crippen molar-refractivity contribution in [1.82, 2.24) is 4.98 Å². The van der Waals surface area contributed by atoms with E-state index in [1.54, 1.807) is 11.3 Å². The quantitative estimate of drug-likeness (QED) is 0.757. The van der Waals surface area contributed by atoms with Gasteiger partial charge in [-0.25, -0.2) is 4.98 Å². The van der Waals surface area contributed by atoms with Gasteiger partial charge in [-0.15, -0.1) is 11.6 Å². The van der Waals surface area contributed by atoms with Crippen molar-refractivity contribution < 1.29 is 0 Å². The van der Waals surface area contributed by atoms with E-state index in [0.717, 1.165) is 29.0 Å². The first kappa shape index (κ1) is 13.4. The van der Waals surface area contributed by atoms with E-state index in [4.69, 9.17) is 23.2 Å². The zero-order valence-corrected chi connectivity index (χ0v) is 12.4. The van der Waals surface area contributed by atoms with Gasteiger partial charge in [-0.05, 0) is 18.8 Å². The Labute approximate surface area is 117 Å². The Morgan fingerprint density at radius 1 is 1.41 bits per heavy atom. The topological polar surface area (TPSA) is 16.1 Å². The zero-order valence-electron chi connectivity index (χ0n) is 10.1. The van der Waals surface area contributed by atoms with Crippen LogP contribution < -0.4 is 4.90 Å². The molecule has 1 fully saturated rings. The fourth-order valence-corrected chi connectivity index (χ4v) is 3.89. The second-order valence-electron chi connectivity index (χ2n) is 4.56. The Balaban J connectivity index is 1.95. The van der Waals surface area contributed by atoms with Crippen LogP contribution >= 0.6 is 34.5 Å². The summed E-state index contributed by atoms with van der Waals surface area (Å²) in [5, 5.41) is 1.62. The van der Waals surface area contributed by atoms with Gasteiger partial charge in [-0.3, -0.25) is 0 Å². The molecule has 1 saturated heterocycles. The summed E-state index contributed by atoms with van der Waals surface area (Å²) in [6.45, 7) is 4.48. The lowest BCUT2D eigenvalue weighted by molar-refractivity contribution is 0.378. The van der Waals surface area contributed by atoms with Crippen molar-refractivity contribution >= 4 is 39.7 Å². The van der Waals surface area contributed by atoms with E-state index in [1.807, 2.05) is 0 Å². The van der Waals surface area contributed by atoms with Crippen LogP contribution in [0.3, 0.4) is 0 Å². The molecule has 0 bridgehead atoms. The lowest BCUT2D eigenvalue weighted by Crippen LogP contribution is -2.33. The molecule has 2 heterocycles. The maximum Gasteiger partial charge on any atom is 0.187 e. The van der Waals surface area contributed by atoms with Crippen molar-refractivity contribution in [3.8, 4) is 0 Å². The predicted molar refractivity (Wildman–Crippen MR) is 76.5 cm³/mol. The van der Waals surface area contributed by atoms with Gasteiger partial charge in [0.25, 0.3) is 0 Å². The molecule has 0 radical (unpaired) electrons. The van der Waals surface area contributed by atoms with Gasteiger partial charge in [0.05, 0.1) is 10.8 Å². The first-order chi connectivity index (χ1) is 8.24. The van der Waals surface area contributed by atoms with Crippen LogP contribution in [0.15, 0.2) is 0 Å². The summed E-state index contributed by atoms with van der Waals surface area (Å²) in [7, 11) is 0. The van der Waals surface area contributed by atoms with Gasteiger partial charge in [0.2, 0.25) is 0 Å². The fraction of sp³-hybridized carbons (Fsp3) is 0.750. The lowest BCUT2D eigenvalue weighted by atomic mass is 9.93. The van der Waals surface area contributed by atoms with E-state index in [0.29, 0.717) is 11.0 Å². The van der Waals surface area contributed by atoms with Gasteiger partial charge in [0.15, 0.2) is 5.13 Å². The van der Waals surface area contributed by atoms with Crippen LogP contribution in [0.5, 0.6) is 0 Å². The van der Waals surface area contributed by atoms with E-state index in [9.17, 15) is 0 Å². The van der Waals surface area contributed by atoms with Gasteiger partial charge in [-0.2, -0.15) is 0 Å². The maximum atomic E-state index is 6.03. The molecule has 0 aliphatic carbocycles. The Morgan fingerprint density at radius 2 is 2.12 bits per heavy atom. The van der Waals surface area contributed by atoms with E-state index < -0.39 is 0 Å². The molecule has 0 unspecified atom stereocenters. The number of alkyl halides is 1. The molecule has 2 nitrogen and oxygen atoms in total. The molecule has 2 rings (SSSR count). The smallest absolute Gasteiger partial charge is 0.187 e. The molecule has 96 valence electrons. The molecule has 1 aliphatic rings. The molecule has 0 amide bonds. The number of hydrogen-bond acceptors (Lipinski definition) is 3. The third-order valence-electron chi connectivity index (χ3n) is 3.34. The number of aromatic nitrogens is 1. The largest absolute Gasteiger partial charge is 0.348 e. The van der Waals surface area contributed by atoms with Crippen molar-refractivity contribution in [2.24, 2.45) is 5.92 Å². The number of thiazole rings is 1. The number of halogens is 2. The summed E-state index contributed by atoms with van der Waals surface area (Å²) < 4.78 is 0. The molecule has 5 heteroatoms. The van der Waals surface area contributed by atoms with E-state index >= 15 is 0 Å². The van der Waals surface area contributed by atoms with Crippen LogP contribution in [0.4, 0.5) is 5.13 Å². The molecule has 0 saturated carbocycles. The number of nitrogens with zero attached hydrogens (tertiary/aromatic N) is 2. The van der Waals surface area contributed by atoms with Crippen molar-refractivity contribution in [3.05, 3.63) is 10.0 Å². The number of anilines is 1. The summed E-state index contributed by atoms with van der Waals surface area (Å²) in [4.78, 5) is 7.73. The monoisotopic (exact) mass is 292 g/mol. The van der Waals surface area contributed by atoms with Gasteiger partial charge >= 0.3 is 0 Å². The van der Waals surface area contributed by atoms with Crippen LogP contribution in [0.25, 0.3) is 0 Å². The highest BCUT2D eigenvalue weighted by atomic mass is 35.5. The zero-order chi connectivity index (χ0) is 12.3. The molecule has 1 aromatic rings. The number of piperidine rings is 1. The van der Waals surface area contributed by atoms with Crippen LogP contribution in [0.1, 0.15) is 37.5 Å². The van der Waals surface area contributed by atoms with E-state index in [2.05, 4.69) is 16.8 Å². The Kier molecular flexibility index (Phi) is 4.95. The van der Waals surface area contributed by atoms with E-state index in [1.165, 1.54) is 25.7 Å². The second-order valence-corrected chi connectivity index (χ2v) is 6.25. The second kappa shape index (κ2) is 6.26. The van der Waals surface area contributed by atoms with Crippen LogP contribution in [0, 0.1) is 5.92 Å². The van der Waals surface area contributed by atoms with Crippen LogP contribution in [-0.2, 0) is 5.88 Å². The van der Waals surface area contributed by atoms with Crippen LogP contribution in [-0.4, -0.2) is 18.1 Å². The Hall–Kier alpha value is 0.01000. The molecular formula is C12H18Cl2N2S. The molecule has 0 N–H and O–H groups in total. The van der Waals surface area contributed by atoms with Gasteiger partial charge < -0.3 is 4.90 Å². The lowest BCUT2D eigenvalue weighted by Gasteiger charge is -2.31. The molecule has 1 aliphatic heterocycles. The average molecular weight is 293 g/mol. The van der Waals surface area contributed by atoms with Crippen molar-refractivity contribution in [1.29, 1.82) is 0 Å². The van der Waals surface area contributed by atoms with Crippen molar-refractivity contribution in [2.75, 3.05) is 18.0 Å². The summed E-state index contributed by atoms with van der Waals surface area (Å²) in [5.74, 6) is 1.36. The Bertz CT molecular complexity index is 359. The first-order valence-corrected chi connectivity index (χ1v) is 7.93. The molecule has 0 spiro atoms. The standard InChI is InChI=1S/C12H18Cl2N2S/c1-2-3-9-4-6-16(7-5-9)12-15-11(14)10(8-13)17-12/h9H,2-8H2,1H3. The highest BCUT2D eigenvalue weighted by Gasteiger charge is 2.21. The minimum Gasteiger partial charge on any atom is -0.348 e. The normalized spacial score (nSPS) is 17.7. The molecular weight excluding hydrogens is 275 g/mol. The minimum absolute atomic E-state index is 0.461. The fourth-order valence-electron chi connectivity index (χ4n) is 2.36. The first-order valence-electron chi connectivity index (χ1n) is 6.20. The summed E-state index contributed by atoms with van der Waals surface area (Å²) in [5.41, 5.74) is 0. The molecule has 0 aromatic carbocycles. The van der Waals surface area contributed by atoms with Crippen molar-refractivity contribution in [2.45, 2.75) is 38.5 Å². The minimum atomic E-state index is 0.461. The average Bonchev–Trinajstić information content (AvgIpc) is 2.72. The summed E-state index contributed by atoms with van der Waals surface area (Å²) in [6.07, 6.45) is 5.21. The third kappa shape index (κ3) is 3.27. The Morgan fingerprint density at radius 3 is 2.65 bits per heavy atom. The molecule has 17 heavy (non-hydrogen) atoms. The highest BCUT2D eigenvalue weighted by molar-refractivity contribution is 7.16. The van der Waals surface area contributed by atoms with Gasteiger partial charge in [0.1, 0.15) is 5.15 Å². The summed E-state index contributed by atoms with van der Waals surface area (Å²) >= 11 is 13.5. The van der Waals surface area contributed by atoms with Gasteiger partial charge in [-0.1, -0.05) is 42.7 Å². The molecule has 1 aromatic heterocycles. The van der Waals surface area contributed by atoms with E-state index in [-0.39, 0.29) is 0 Å². The third-order valence-corrected chi connectivity index (χ3v) is 5.31. The van der Waals surface area contributed by atoms with Crippen molar-refractivity contribution in [3.63, 3.8) is 0 Å². The SMILES string of the molecule is CCCC1CCN(c2nc(Cl)c(CCl)s2)CC1. The maximum absolute atomic E-state index is 6.03. The summed E-state index contributed by atoms with van der Waals surface area (Å²) in [6, 6.07) is 0. The predicted octanol–water partition coefficient (Wildman–Crippen LogP) is 4.55.